The van der Waals surface area contributed by atoms with Gasteiger partial charge in [0.15, 0.2) is 5.82 Å². The van der Waals surface area contributed by atoms with E-state index >= 15 is 0 Å². The normalized spacial score (nSPS) is 15.7. The molecule has 2 aromatic rings. The predicted molar refractivity (Wildman–Crippen MR) is 107 cm³/mol. The third kappa shape index (κ3) is 4.84. The van der Waals surface area contributed by atoms with Crippen LogP contribution in [0, 0.1) is 24.0 Å². The van der Waals surface area contributed by atoms with Gasteiger partial charge in [0.2, 0.25) is 5.95 Å². The molecule has 148 valence electrons. The van der Waals surface area contributed by atoms with Crippen LogP contribution in [-0.2, 0) is 0 Å². The van der Waals surface area contributed by atoms with E-state index in [0.29, 0.717) is 17.1 Å². The average molecular weight is 377 g/mol. The maximum Gasteiger partial charge on any atom is 0.225 e. The number of rotatable bonds is 3. The van der Waals surface area contributed by atoms with Crippen molar-refractivity contribution in [2.75, 3.05) is 29.0 Å². The molecule has 1 aliphatic rings. The van der Waals surface area contributed by atoms with Gasteiger partial charge in [0.05, 0.1) is 29.5 Å². The first kappa shape index (κ1) is 20.9. The number of hydrogen-bond donors (Lipinski definition) is 2. The van der Waals surface area contributed by atoms with Crippen LogP contribution in [0.3, 0.4) is 0 Å². The number of aromatic nitrogens is 2. The first-order valence-electron chi connectivity index (χ1n) is 9.35. The molecule has 2 heterocycles. The average Bonchev–Trinajstić information content (AvgIpc) is 2.66. The Morgan fingerprint density at radius 2 is 1.67 bits per heavy atom. The summed E-state index contributed by atoms with van der Waals surface area (Å²) >= 11 is 0. The minimum Gasteiger partial charge on any atom is -0.397 e. The Hall–Kier alpha value is -2.44. The Bertz CT molecular complexity index is 765. The van der Waals surface area contributed by atoms with Crippen LogP contribution in [0.5, 0.6) is 0 Å². The lowest BCUT2D eigenvalue weighted by atomic mass is 9.83. The van der Waals surface area contributed by atoms with Crippen molar-refractivity contribution in [3.8, 4) is 0 Å². The Kier molecular flexibility index (Phi) is 6.57. The molecule has 7 heteroatoms. The monoisotopic (exact) mass is 377 g/mol. The number of hydrogen-bond acceptors (Lipinski definition) is 5. The van der Waals surface area contributed by atoms with Crippen molar-refractivity contribution in [2.24, 2.45) is 5.41 Å². The Labute approximate surface area is 160 Å². The molecule has 0 amide bonds. The van der Waals surface area contributed by atoms with Crippen LogP contribution in [0.4, 0.5) is 31.8 Å². The minimum absolute atomic E-state index is 0.00272. The Balaban J connectivity index is 0.00000126. The fourth-order valence-electron chi connectivity index (χ4n) is 2.87. The second-order valence-corrected chi connectivity index (χ2v) is 7.31. The van der Waals surface area contributed by atoms with Crippen molar-refractivity contribution >= 4 is 23.0 Å². The smallest absolute Gasteiger partial charge is 0.225 e. The molecule has 5 nitrogen and oxygen atoms in total. The van der Waals surface area contributed by atoms with Crippen LogP contribution in [0.1, 0.15) is 46.1 Å². The van der Waals surface area contributed by atoms with Crippen LogP contribution in [0.2, 0.25) is 0 Å². The topological polar surface area (TPSA) is 67.1 Å². The number of nitrogens with two attached hydrogens (primary N) is 1. The highest BCUT2D eigenvalue weighted by atomic mass is 19.1. The van der Waals surface area contributed by atoms with Crippen molar-refractivity contribution < 1.29 is 8.78 Å². The summed E-state index contributed by atoms with van der Waals surface area (Å²) in [6.45, 7) is 11.7. The summed E-state index contributed by atoms with van der Waals surface area (Å²) in [6.07, 6.45) is 5.35. The standard InChI is InChI=1S/C18H23F2N5.C2H6/c1-11-13(19)8-14(21)16(15(11)20)24-12-9-22-17(23-10-12)25-6-4-18(2,3)5-7-25;1-2/h8-10,24H,4-7,21H2,1-3H3;1-2H3. The van der Waals surface area contributed by atoms with E-state index in [1.807, 2.05) is 13.8 Å². The maximum absolute atomic E-state index is 14.2. The number of piperidine rings is 1. The highest BCUT2D eigenvalue weighted by molar-refractivity contribution is 5.73. The fourth-order valence-corrected chi connectivity index (χ4v) is 2.87. The number of anilines is 4. The lowest BCUT2D eigenvalue weighted by Gasteiger charge is -2.36. The van der Waals surface area contributed by atoms with Crippen molar-refractivity contribution in [2.45, 2.75) is 47.5 Å². The van der Waals surface area contributed by atoms with Gasteiger partial charge >= 0.3 is 0 Å². The third-order valence-electron chi connectivity index (χ3n) is 4.79. The van der Waals surface area contributed by atoms with Crippen molar-refractivity contribution in [1.29, 1.82) is 0 Å². The van der Waals surface area contributed by atoms with Gasteiger partial charge in [0.25, 0.3) is 0 Å². The molecule has 0 bridgehead atoms. The largest absolute Gasteiger partial charge is 0.397 e. The predicted octanol–water partition coefficient (Wildman–Crippen LogP) is 5.04. The van der Waals surface area contributed by atoms with Gasteiger partial charge in [-0.05, 0) is 31.2 Å². The zero-order chi connectivity index (χ0) is 20.2. The van der Waals surface area contributed by atoms with E-state index in [-0.39, 0.29) is 16.9 Å². The van der Waals surface area contributed by atoms with Crippen LogP contribution in [0.25, 0.3) is 0 Å². The first-order chi connectivity index (χ1) is 12.8. The van der Waals surface area contributed by atoms with Gasteiger partial charge in [-0.15, -0.1) is 0 Å². The van der Waals surface area contributed by atoms with Gasteiger partial charge in [0.1, 0.15) is 5.82 Å². The summed E-state index contributed by atoms with van der Waals surface area (Å²) in [5.41, 5.74) is 6.53. The van der Waals surface area contributed by atoms with E-state index in [1.165, 1.54) is 6.92 Å². The van der Waals surface area contributed by atoms with Crippen LogP contribution < -0.4 is 16.0 Å². The zero-order valence-corrected chi connectivity index (χ0v) is 16.7. The van der Waals surface area contributed by atoms with Gasteiger partial charge in [-0.25, -0.2) is 18.7 Å². The molecule has 27 heavy (non-hydrogen) atoms. The second kappa shape index (κ2) is 8.50. The van der Waals surface area contributed by atoms with Crippen molar-refractivity contribution in [1.82, 2.24) is 9.97 Å². The van der Waals surface area contributed by atoms with Crippen molar-refractivity contribution in [3.63, 3.8) is 0 Å². The molecule has 1 aromatic carbocycles. The number of nitrogen functional groups attached to an aromatic ring is 1. The zero-order valence-electron chi connectivity index (χ0n) is 16.7. The lowest BCUT2D eigenvalue weighted by molar-refractivity contribution is 0.278. The van der Waals surface area contributed by atoms with E-state index in [0.717, 1.165) is 32.0 Å². The second-order valence-electron chi connectivity index (χ2n) is 7.31. The number of nitrogens with zero attached hydrogens (tertiary/aromatic N) is 3. The van der Waals surface area contributed by atoms with Crippen LogP contribution >= 0.6 is 0 Å². The summed E-state index contributed by atoms with van der Waals surface area (Å²) in [5, 5.41) is 2.84. The molecule has 0 saturated carbocycles. The quantitative estimate of drug-likeness (QED) is 0.734. The van der Waals surface area contributed by atoms with Gasteiger partial charge in [-0.1, -0.05) is 27.7 Å². The number of nitrogens with one attached hydrogen (secondary N) is 1. The summed E-state index contributed by atoms with van der Waals surface area (Å²) in [7, 11) is 0. The summed E-state index contributed by atoms with van der Waals surface area (Å²) in [5.74, 6) is -0.718. The van der Waals surface area contributed by atoms with Gasteiger partial charge in [-0.2, -0.15) is 0 Å². The molecule has 0 unspecified atom stereocenters. The summed E-state index contributed by atoms with van der Waals surface area (Å²) in [6, 6.07) is 1.10. The number of halogens is 2. The molecule has 1 aliphatic heterocycles. The van der Waals surface area contributed by atoms with E-state index in [1.54, 1.807) is 12.4 Å². The van der Waals surface area contributed by atoms with Crippen LogP contribution in [-0.4, -0.2) is 23.1 Å². The molecule has 0 spiro atoms. The lowest BCUT2D eigenvalue weighted by Crippen LogP contribution is -2.38. The molecule has 0 atom stereocenters. The van der Waals surface area contributed by atoms with E-state index in [4.69, 9.17) is 5.73 Å². The van der Waals surface area contributed by atoms with Gasteiger partial charge in [0, 0.05) is 18.7 Å². The van der Waals surface area contributed by atoms with E-state index < -0.39 is 11.6 Å². The molecule has 1 saturated heterocycles. The summed E-state index contributed by atoms with van der Waals surface area (Å²) < 4.78 is 27.7. The third-order valence-corrected chi connectivity index (χ3v) is 4.79. The minimum atomic E-state index is -0.708. The van der Waals surface area contributed by atoms with E-state index in [9.17, 15) is 8.78 Å². The highest BCUT2D eigenvalue weighted by Crippen LogP contribution is 2.32. The molecule has 1 aromatic heterocycles. The van der Waals surface area contributed by atoms with E-state index in [2.05, 4.69) is 34.0 Å². The Morgan fingerprint density at radius 1 is 1.11 bits per heavy atom. The molecule has 3 rings (SSSR count). The van der Waals surface area contributed by atoms with Gasteiger partial charge in [-0.3, -0.25) is 0 Å². The molecular weight excluding hydrogens is 348 g/mol. The molecule has 0 radical (unpaired) electrons. The van der Waals surface area contributed by atoms with Crippen molar-refractivity contribution in [3.05, 3.63) is 35.7 Å². The molecular formula is C20H29F2N5. The SMILES string of the molecule is CC.Cc1c(F)cc(N)c(Nc2cnc(N3CCC(C)(C)CC3)nc2)c1F. The highest BCUT2D eigenvalue weighted by Gasteiger charge is 2.26. The maximum atomic E-state index is 14.2. The first-order valence-corrected chi connectivity index (χ1v) is 9.35. The van der Waals surface area contributed by atoms with Gasteiger partial charge < -0.3 is 16.0 Å². The molecule has 3 N–H and O–H groups in total. The molecule has 0 aliphatic carbocycles. The summed E-state index contributed by atoms with van der Waals surface area (Å²) in [4.78, 5) is 10.9. The van der Waals surface area contributed by atoms with Crippen LogP contribution in [0.15, 0.2) is 18.5 Å². The Morgan fingerprint density at radius 3 is 2.22 bits per heavy atom. The number of benzene rings is 1. The fraction of sp³-hybridized carbons (Fsp3) is 0.500. The molecule has 1 fully saturated rings.